The number of anilines is 2. The highest BCUT2D eigenvalue weighted by atomic mass is 16.5. The monoisotopic (exact) mass is 437 g/mol. The Balaban J connectivity index is 2.09. The van der Waals surface area contributed by atoms with Crippen LogP contribution in [0.5, 0.6) is 11.8 Å². The van der Waals surface area contributed by atoms with Crippen molar-refractivity contribution < 1.29 is 13.6 Å². The van der Waals surface area contributed by atoms with Gasteiger partial charge in [0.05, 0.1) is 42.1 Å². The van der Waals surface area contributed by atoms with Crippen LogP contribution in [-0.4, -0.2) is 40.4 Å². The molecule has 0 saturated carbocycles. The van der Waals surface area contributed by atoms with E-state index in [4.69, 9.17) is 24.0 Å². The molecule has 0 atom stereocenters. The summed E-state index contributed by atoms with van der Waals surface area (Å²) in [6.07, 6.45) is 3.20. The first-order valence-corrected chi connectivity index (χ1v) is 10.3. The second-order valence-corrected chi connectivity index (χ2v) is 7.37. The fourth-order valence-corrected chi connectivity index (χ4v) is 3.23. The fourth-order valence-electron chi connectivity index (χ4n) is 3.23. The van der Waals surface area contributed by atoms with Crippen LogP contribution in [0.25, 0.3) is 11.3 Å². The molecule has 0 saturated heterocycles. The van der Waals surface area contributed by atoms with Gasteiger partial charge in [0.1, 0.15) is 5.69 Å². The fraction of sp³-hybridized carbons (Fsp3) is 0.333. The molecule has 32 heavy (non-hydrogen) atoms. The molecule has 0 bridgehead atoms. The second kappa shape index (κ2) is 10.6. The molecule has 0 amide bonds. The minimum atomic E-state index is -2.26. The molecule has 0 aliphatic carbocycles. The number of rotatable bonds is 10. The molecule has 3 heterocycles. The molecule has 8 heteroatoms. The average Bonchev–Trinajstić information content (AvgIpc) is 2.81. The zero-order valence-corrected chi connectivity index (χ0v) is 18.7. The van der Waals surface area contributed by atoms with Gasteiger partial charge in [0.25, 0.3) is 0 Å². The van der Waals surface area contributed by atoms with E-state index in [0.717, 1.165) is 5.56 Å². The van der Waals surface area contributed by atoms with Crippen molar-refractivity contribution in [2.75, 3.05) is 24.4 Å². The number of ether oxygens (including phenoxy) is 2. The van der Waals surface area contributed by atoms with Crippen LogP contribution in [0, 0.1) is 5.41 Å². The van der Waals surface area contributed by atoms with E-state index in [9.17, 15) is 0 Å². The van der Waals surface area contributed by atoms with Gasteiger partial charge in [0.15, 0.2) is 0 Å². The van der Waals surface area contributed by atoms with Crippen molar-refractivity contribution in [1.82, 2.24) is 15.0 Å². The summed E-state index contributed by atoms with van der Waals surface area (Å²) in [5, 5.41) is 15.2. The zero-order chi connectivity index (χ0) is 25.6. The average molecular weight is 438 g/mol. The van der Waals surface area contributed by atoms with Gasteiger partial charge in [-0.25, -0.2) is 15.0 Å². The van der Waals surface area contributed by atoms with E-state index < -0.39 is 13.5 Å². The van der Waals surface area contributed by atoms with Gasteiger partial charge in [-0.05, 0) is 51.9 Å². The van der Waals surface area contributed by atoms with E-state index in [1.54, 1.807) is 32.4 Å². The molecule has 0 fully saturated rings. The molecule has 8 nitrogen and oxygen atoms in total. The highest BCUT2D eigenvalue weighted by Crippen LogP contribution is 2.35. The molecule has 0 aliphatic heterocycles. The smallest absolute Gasteiger partial charge is 0.222 e. The van der Waals surface area contributed by atoms with E-state index in [-0.39, 0.29) is 17.6 Å². The number of pyridine rings is 3. The molecular weight excluding hydrogens is 404 g/mol. The number of nitrogens with one attached hydrogen (secondary N) is 3. The topological polar surface area (TPSA) is 105 Å². The van der Waals surface area contributed by atoms with Crippen LogP contribution >= 0.6 is 0 Å². The molecule has 3 aromatic heterocycles. The lowest BCUT2D eigenvalue weighted by Crippen LogP contribution is -2.17. The molecule has 0 aliphatic rings. The Morgan fingerprint density at radius 3 is 2.62 bits per heavy atom. The van der Waals surface area contributed by atoms with Crippen molar-refractivity contribution in [3.63, 3.8) is 0 Å². The summed E-state index contributed by atoms with van der Waals surface area (Å²) in [6, 6.07) is 9.16. The molecule has 168 valence electrons. The van der Waals surface area contributed by atoms with Crippen molar-refractivity contribution in [1.29, 1.82) is 5.41 Å². The number of nitrogens with zero attached hydrogens (tertiary/aromatic N) is 3. The van der Waals surface area contributed by atoms with E-state index in [1.165, 1.54) is 6.20 Å². The highest BCUT2D eigenvalue weighted by molar-refractivity contribution is 6.03. The van der Waals surface area contributed by atoms with E-state index >= 15 is 0 Å². The van der Waals surface area contributed by atoms with Crippen LogP contribution in [0.15, 0.2) is 42.7 Å². The van der Waals surface area contributed by atoms with E-state index in [2.05, 4.69) is 20.6 Å². The minimum Gasteiger partial charge on any atom is -0.481 e. The van der Waals surface area contributed by atoms with E-state index in [1.807, 2.05) is 32.0 Å². The number of hydrogen-bond donors (Lipinski definition) is 3. The van der Waals surface area contributed by atoms with Crippen LogP contribution in [0.3, 0.4) is 0 Å². The Labute approximate surface area is 193 Å². The first kappa shape index (κ1) is 19.0. The van der Waals surface area contributed by atoms with Crippen LogP contribution in [0.4, 0.5) is 11.4 Å². The molecule has 0 aromatic carbocycles. The second-order valence-electron chi connectivity index (χ2n) is 7.37. The van der Waals surface area contributed by atoms with Gasteiger partial charge >= 0.3 is 0 Å². The number of hydrogen-bond acceptors (Lipinski definition) is 8. The summed E-state index contributed by atoms with van der Waals surface area (Å²) in [5.74, 6) is 0.679. The van der Waals surface area contributed by atoms with Crippen LogP contribution in [-0.2, 0) is 6.54 Å². The molecular formula is C24H30N6O2. The SMILES string of the molecule is [2H]C([2H])([2H])COc1ncccc1-c1cc(NCc2cccnc2OC)c(NC(C)C)c(C(C)=N)n1. The standard InChI is InChI=1S/C24H30N6O2/c1-6-32-24-18(10-8-12-27-24)19-13-20(22(29-15(2)3)21(30-19)16(4)25)28-14-17-9-7-11-26-23(17)31-5/h7-13,15,25,29H,6,14H2,1-5H3,(H,28,30)/i1D3. The van der Waals surface area contributed by atoms with Gasteiger partial charge in [0.2, 0.25) is 11.8 Å². The summed E-state index contributed by atoms with van der Waals surface area (Å²) in [7, 11) is 1.57. The van der Waals surface area contributed by atoms with Gasteiger partial charge in [0, 0.05) is 34.7 Å². The molecule has 0 spiro atoms. The summed E-state index contributed by atoms with van der Waals surface area (Å²) < 4.78 is 33.2. The maximum atomic E-state index is 8.37. The Morgan fingerprint density at radius 1 is 1.19 bits per heavy atom. The maximum absolute atomic E-state index is 8.37. The van der Waals surface area contributed by atoms with E-state index in [0.29, 0.717) is 40.8 Å². The van der Waals surface area contributed by atoms with Crippen molar-refractivity contribution in [2.45, 2.75) is 40.2 Å². The first-order valence-electron chi connectivity index (χ1n) is 11.8. The Kier molecular flexibility index (Phi) is 6.29. The lowest BCUT2D eigenvalue weighted by Gasteiger charge is -2.21. The summed E-state index contributed by atoms with van der Waals surface area (Å²) >= 11 is 0. The Morgan fingerprint density at radius 2 is 1.94 bits per heavy atom. The van der Waals surface area contributed by atoms with Crippen molar-refractivity contribution in [2.24, 2.45) is 0 Å². The lowest BCUT2D eigenvalue weighted by atomic mass is 10.1. The quantitative estimate of drug-likeness (QED) is 0.393. The Hall–Kier alpha value is -3.68. The van der Waals surface area contributed by atoms with Gasteiger partial charge < -0.3 is 25.5 Å². The van der Waals surface area contributed by atoms with Crippen LogP contribution in [0.1, 0.15) is 43.0 Å². The van der Waals surface area contributed by atoms with Crippen molar-refractivity contribution >= 4 is 17.1 Å². The van der Waals surface area contributed by atoms with Crippen LogP contribution < -0.4 is 20.1 Å². The third kappa shape index (κ3) is 5.32. The summed E-state index contributed by atoms with van der Waals surface area (Å²) in [5.41, 5.74) is 4.01. The first-order chi connectivity index (χ1) is 16.6. The lowest BCUT2D eigenvalue weighted by molar-refractivity contribution is 0.328. The molecule has 0 radical (unpaired) electrons. The van der Waals surface area contributed by atoms with Crippen molar-refractivity contribution in [3.8, 4) is 23.0 Å². The third-order valence-corrected chi connectivity index (χ3v) is 4.58. The van der Waals surface area contributed by atoms with Crippen LogP contribution in [0.2, 0.25) is 0 Å². The van der Waals surface area contributed by atoms with Crippen molar-refractivity contribution in [3.05, 3.63) is 54.0 Å². The predicted molar refractivity (Wildman–Crippen MR) is 128 cm³/mol. The molecule has 3 aromatic rings. The predicted octanol–water partition coefficient (Wildman–Crippen LogP) is 4.77. The van der Waals surface area contributed by atoms with Gasteiger partial charge in [-0.15, -0.1) is 0 Å². The Bertz CT molecular complexity index is 1180. The molecule has 3 N–H and O–H groups in total. The molecule has 0 unspecified atom stereocenters. The largest absolute Gasteiger partial charge is 0.481 e. The van der Waals surface area contributed by atoms with Gasteiger partial charge in [-0.3, -0.25) is 0 Å². The summed E-state index contributed by atoms with van der Waals surface area (Å²) in [4.78, 5) is 13.2. The third-order valence-electron chi connectivity index (χ3n) is 4.58. The number of aromatic nitrogens is 3. The van der Waals surface area contributed by atoms with Gasteiger partial charge in [-0.2, -0.15) is 0 Å². The summed E-state index contributed by atoms with van der Waals surface area (Å²) in [6.45, 7) is 3.35. The normalized spacial score (nSPS) is 12.5. The van der Waals surface area contributed by atoms with Gasteiger partial charge in [-0.1, -0.05) is 6.07 Å². The minimum absolute atomic E-state index is 0.0887. The zero-order valence-electron chi connectivity index (χ0n) is 21.7. The maximum Gasteiger partial charge on any atom is 0.222 e. The highest BCUT2D eigenvalue weighted by Gasteiger charge is 2.19. The molecule has 3 rings (SSSR count). The number of methoxy groups -OCH3 is 1.